The summed E-state index contributed by atoms with van der Waals surface area (Å²) in [5.74, 6) is 1.76. The van der Waals surface area contributed by atoms with Crippen LogP contribution in [0.2, 0.25) is 0 Å². The molecule has 8 heterocycles. The van der Waals surface area contributed by atoms with Crippen molar-refractivity contribution < 1.29 is 0 Å². The number of fused-ring (bicyclic) bond motifs is 12. The first-order chi connectivity index (χ1) is 55.5. The summed E-state index contributed by atoms with van der Waals surface area (Å²) in [5, 5.41) is 9.24. The van der Waals surface area contributed by atoms with E-state index in [1.54, 1.807) is 0 Å². The van der Waals surface area contributed by atoms with E-state index in [0.717, 1.165) is 156 Å². The van der Waals surface area contributed by atoms with Gasteiger partial charge in [-0.25, -0.2) is 29.9 Å². The van der Waals surface area contributed by atoms with Gasteiger partial charge in [0.1, 0.15) is 11.3 Å². The molecule has 0 N–H and O–H groups in total. The zero-order valence-corrected chi connectivity index (χ0v) is 60.4. The maximum atomic E-state index is 5.28. The molecule has 0 unspecified atom stereocenters. The Labute approximate surface area is 644 Å². The van der Waals surface area contributed by atoms with E-state index in [-0.39, 0.29) is 0 Å². The molecular weight excluding hydrogens is 1370 g/mol. The van der Waals surface area contributed by atoms with Gasteiger partial charge in [-0.3, -0.25) is 9.13 Å². The second kappa shape index (κ2) is 26.3. The zero-order valence-electron chi connectivity index (χ0n) is 60.4. The number of benzene rings is 14. The van der Waals surface area contributed by atoms with Gasteiger partial charge in [-0.05, 0) is 196 Å². The third kappa shape index (κ3) is 10.7. The minimum atomic E-state index is 0.577. The minimum absolute atomic E-state index is 0.577. The molecule has 14 aromatic carbocycles. The Morgan fingerprint density at radius 2 is 0.545 bits per heavy atom. The van der Waals surface area contributed by atoms with Crippen LogP contribution < -0.4 is 0 Å². The van der Waals surface area contributed by atoms with Crippen molar-refractivity contribution in [1.82, 2.24) is 48.2 Å². The van der Waals surface area contributed by atoms with Gasteiger partial charge >= 0.3 is 0 Å². The molecule has 0 aliphatic heterocycles. The molecule has 0 spiro atoms. The minimum Gasteiger partial charge on any atom is -0.309 e. The highest BCUT2D eigenvalue weighted by molar-refractivity contribution is 6.19. The van der Waals surface area contributed by atoms with Crippen LogP contribution in [0.5, 0.6) is 0 Å². The Morgan fingerprint density at radius 3 is 1.09 bits per heavy atom. The van der Waals surface area contributed by atoms with Crippen molar-refractivity contribution in [1.29, 1.82) is 0 Å². The SMILES string of the molecule is c1ccc(-c2cc(-c3cccc(-n4c5ccc(-c6cccc7c6c6ccccc6n7-c6ccc(-c7cccc(-c8nc(-c9ccccc9)nc(-c9ccc(-n%10c%11ccc(-c%12cccc%13c%12c%12ccccc%12n%13-c%12ccccc%12)cc%11c%11cccnc%11%10)cc9)n8)c7)cc6)cc5c5cccnc54)c3)cc(-c3ccccc3)n2)cc1. The van der Waals surface area contributed by atoms with E-state index >= 15 is 0 Å². The molecule has 8 aromatic heterocycles. The Balaban J connectivity index is 0.580. The molecule has 0 radical (unpaired) electrons. The molecule has 522 valence electrons. The number of para-hydroxylation sites is 3. The summed E-state index contributed by atoms with van der Waals surface area (Å²) in [6, 6.07) is 134. The molecule has 112 heavy (non-hydrogen) atoms. The molecule has 0 atom stereocenters. The van der Waals surface area contributed by atoms with Gasteiger partial charge in [-0.2, -0.15) is 0 Å². The second-order valence-electron chi connectivity index (χ2n) is 28.6. The van der Waals surface area contributed by atoms with Gasteiger partial charge in [0.15, 0.2) is 17.5 Å². The second-order valence-corrected chi connectivity index (χ2v) is 28.6. The third-order valence-electron chi connectivity index (χ3n) is 22.1. The predicted octanol–water partition coefficient (Wildman–Crippen LogP) is 25.4. The normalized spacial score (nSPS) is 11.8. The quantitative estimate of drug-likeness (QED) is 0.114. The van der Waals surface area contributed by atoms with Gasteiger partial charge < -0.3 is 9.13 Å². The van der Waals surface area contributed by atoms with Gasteiger partial charge in [0, 0.05) is 106 Å². The van der Waals surface area contributed by atoms with Crippen LogP contribution in [-0.4, -0.2) is 48.2 Å². The monoisotopic (exact) mass is 1430 g/mol. The molecule has 0 saturated carbocycles. The van der Waals surface area contributed by atoms with Crippen LogP contribution in [0.3, 0.4) is 0 Å². The van der Waals surface area contributed by atoms with Crippen LogP contribution in [0.25, 0.3) is 211 Å². The maximum absolute atomic E-state index is 5.28. The summed E-state index contributed by atoms with van der Waals surface area (Å²) < 4.78 is 9.35. The van der Waals surface area contributed by atoms with Crippen LogP contribution in [0.1, 0.15) is 0 Å². The highest BCUT2D eigenvalue weighted by atomic mass is 15.1. The fourth-order valence-electron chi connectivity index (χ4n) is 17.0. The van der Waals surface area contributed by atoms with Crippen molar-refractivity contribution in [3.63, 3.8) is 0 Å². The van der Waals surface area contributed by atoms with E-state index in [1.165, 1.54) is 38.1 Å². The van der Waals surface area contributed by atoms with Crippen molar-refractivity contribution in [2.45, 2.75) is 0 Å². The molecule has 0 amide bonds. The maximum Gasteiger partial charge on any atom is 0.164 e. The van der Waals surface area contributed by atoms with Gasteiger partial charge in [0.2, 0.25) is 0 Å². The number of aromatic nitrogens is 10. The van der Waals surface area contributed by atoms with Crippen molar-refractivity contribution in [2.24, 2.45) is 0 Å². The highest BCUT2D eigenvalue weighted by Gasteiger charge is 2.24. The summed E-state index contributed by atoms with van der Waals surface area (Å²) in [6.07, 6.45) is 3.77. The fraction of sp³-hybridized carbons (Fsp3) is 0. The van der Waals surface area contributed by atoms with Crippen molar-refractivity contribution >= 4 is 87.5 Å². The van der Waals surface area contributed by atoms with Crippen molar-refractivity contribution in [3.05, 3.63) is 389 Å². The standard InChI is InChI=1S/C102H64N10/c1-5-23-66(24-6-1)88-63-75(64-89(105-88)67-25-7-2-8-26-67)71-30-18-34-79(60-71)112-93-56-50-73(62-87(93)83-40-22-58-104-102(83)112)81-38-20-44-95-97(81)85-36-14-16-42-91(85)110(95)77-51-45-65(46-52-77)70-29-17-31-74(59-70)100-107-98(68-27-9-3-10-28-68)106-99(108-100)69-47-53-78(54-48-69)111-92-55-49-72(61-86(92)82-39-21-57-103-101(82)111)80-37-19-43-94-96(80)84-35-13-15-41-90(84)109(94)76-32-11-4-12-33-76/h1-64H. The number of pyridine rings is 3. The average molecular weight is 1430 g/mol. The van der Waals surface area contributed by atoms with Crippen LogP contribution in [-0.2, 0) is 0 Å². The first-order valence-electron chi connectivity index (χ1n) is 37.8. The van der Waals surface area contributed by atoms with E-state index in [0.29, 0.717) is 17.5 Å². The summed E-state index contributed by atoms with van der Waals surface area (Å²) in [7, 11) is 0. The molecule has 22 rings (SSSR count). The highest BCUT2D eigenvalue weighted by Crippen LogP contribution is 2.45. The molecule has 0 aliphatic rings. The largest absolute Gasteiger partial charge is 0.309 e. The van der Waals surface area contributed by atoms with Crippen molar-refractivity contribution in [3.8, 4) is 124 Å². The Kier molecular flexibility index (Phi) is 15.0. The molecule has 22 aromatic rings. The molecule has 0 fully saturated rings. The first-order valence-corrected chi connectivity index (χ1v) is 37.8. The predicted molar refractivity (Wildman–Crippen MR) is 459 cm³/mol. The molecule has 10 nitrogen and oxygen atoms in total. The van der Waals surface area contributed by atoms with E-state index in [2.05, 4.69) is 352 Å². The lowest BCUT2D eigenvalue weighted by molar-refractivity contribution is 1.07. The van der Waals surface area contributed by atoms with E-state index < -0.39 is 0 Å². The Morgan fingerprint density at radius 1 is 0.179 bits per heavy atom. The number of hydrogen-bond donors (Lipinski definition) is 0. The van der Waals surface area contributed by atoms with Gasteiger partial charge in [0.25, 0.3) is 0 Å². The summed E-state index contributed by atoms with van der Waals surface area (Å²) >= 11 is 0. The van der Waals surface area contributed by atoms with Crippen LogP contribution in [0.4, 0.5) is 0 Å². The Bertz CT molecular complexity index is 7410. The molecule has 0 saturated heterocycles. The van der Waals surface area contributed by atoms with Crippen LogP contribution >= 0.6 is 0 Å². The Hall–Kier alpha value is -15.3. The molecule has 10 heteroatoms. The first kappa shape index (κ1) is 64.0. The lowest BCUT2D eigenvalue weighted by Gasteiger charge is -2.13. The third-order valence-corrected chi connectivity index (χ3v) is 22.1. The van der Waals surface area contributed by atoms with E-state index in [4.69, 9.17) is 29.9 Å². The lowest BCUT2D eigenvalue weighted by atomic mass is 9.98. The molecular formula is C102H64N10. The van der Waals surface area contributed by atoms with E-state index in [1.807, 2.05) is 54.9 Å². The number of nitrogens with zero attached hydrogens (tertiary/aromatic N) is 10. The van der Waals surface area contributed by atoms with Crippen LogP contribution in [0, 0.1) is 0 Å². The van der Waals surface area contributed by atoms with Gasteiger partial charge in [-0.15, -0.1) is 0 Å². The lowest BCUT2D eigenvalue weighted by Crippen LogP contribution is -2.01. The van der Waals surface area contributed by atoms with Gasteiger partial charge in [0.05, 0.1) is 44.5 Å². The zero-order chi connectivity index (χ0) is 73.7. The molecule has 0 bridgehead atoms. The number of hydrogen-bond acceptors (Lipinski definition) is 6. The summed E-state index contributed by atoms with van der Waals surface area (Å²) in [4.78, 5) is 31.0. The smallest absolute Gasteiger partial charge is 0.164 e. The van der Waals surface area contributed by atoms with Crippen molar-refractivity contribution in [2.75, 3.05) is 0 Å². The summed E-state index contributed by atoms with van der Waals surface area (Å²) in [5.41, 5.74) is 28.3. The van der Waals surface area contributed by atoms with E-state index in [9.17, 15) is 0 Å². The van der Waals surface area contributed by atoms with Gasteiger partial charge in [-0.1, -0.05) is 224 Å². The summed E-state index contributed by atoms with van der Waals surface area (Å²) in [6.45, 7) is 0. The topological polar surface area (TPSA) is 97.1 Å². The fourth-order valence-corrected chi connectivity index (χ4v) is 17.0. The van der Waals surface area contributed by atoms with Crippen LogP contribution in [0.15, 0.2) is 389 Å². The average Bonchev–Trinajstić information content (AvgIpc) is 1.58. The molecule has 0 aliphatic carbocycles. The number of rotatable bonds is 13.